The molecule has 1 N–H and O–H groups in total. The van der Waals surface area contributed by atoms with Crippen molar-refractivity contribution in [3.63, 3.8) is 0 Å². The van der Waals surface area contributed by atoms with Gasteiger partial charge in [-0.1, -0.05) is 19.4 Å². The third-order valence-corrected chi connectivity index (χ3v) is 4.09. The predicted molar refractivity (Wildman–Crippen MR) is 91.5 cm³/mol. The van der Waals surface area contributed by atoms with Crippen LogP contribution >= 0.6 is 0 Å². The van der Waals surface area contributed by atoms with Crippen LogP contribution in [0.15, 0.2) is 18.3 Å². The lowest BCUT2D eigenvalue weighted by Crippen LogP contribution is -2.53. The number of anilines is 1. The molecule has 1 saturated heterocycles. The number of carbonyl (C=O) groups is 1. The van der Waals surface area contributed by atoms with E-state index in [1.54, 1.807) is 6.20 Å². The van der Waals surface area contributed by atoms with E-state index in [0.717, 1.165) is 37.3 Å². The first-order chi connectivity index (χ1) is 11.1. The molecule has 2 heterocycles. The number of rotatable bonds is 7. The van der Waals surface area contributed by atoms with Crippen LogP contribution in [0.5, 0.6) is 0 Å². The Balaban J connectivity index is 1.95. The Morgan fingerprint density at radius 1 is 1.52 bits per heavy atom. The average Bonchev–Trinajstić information content (AvgIpc) is 2.58. The molecule has 1 amide bonds. The zero-order valence-corrected chi connectivity index (χ0v) is 14.4. The third kappa shape index (κ3) is 4.91. The molecule has 0 spiro atoms. The predicted octanol–water partition coefficient (Wildman–Crippen LogP) is 1.26. The minimum absolute atomic E-state index is 0.0364. The SMILES string of the molecule is CCCCN1CCOCC1C(=O)NCc1cccnc1N(C)C. The van der Waals surface area contributed by atoms with Gasteiger partial charge in [-0.05, 0) is 19.0 Å². The topological polar surface area (TPSA) is 57.7 Å². The third-order valence-electron chi connectivity index (χ3n) is 4.09. The van der Waals surface area contributed by atoms with Gasteiger partial charge >= 0.3 is 0 Å². The molecule has 1 unspecified atom stereocenters. The number of morpholine rings is 1. The molecule has 0 bridgehead atoms. The summed E-state index contributed by atoms with van der Waals surface area (Å²) in [6.07, 6.45) is 4.01. The van der Waals surface area contributed by atoms with E-state index in [4.69, 9.17) is 4.74 Å². The first kappa shape index (κ1) is 17.7. The van der Waals surface area contributed by atoms with E-state index < -0.39 is 0 Å². The molecule has 6 nitrogen and oxygen atoms in total. The minimum Gasteiger partial charge on any atom is -0.378 e. The van der Waals surface area contributed by atoms with Gasteiger partial charge in [0.15, 0.2) is 0 Å². The lowest BCUT2D eigenvalue weighted by molar-refractivity contribution is -0.132. The van der Waals surface area contributed by atoms with Crippen molar-refractivity contribution in [3.8, 4) is 0 Å². The fraction of sp³-hybridized carbons (Fsp3) is 0.647. The second-order valence-corrected chi connectivity index (χ2v) is 6.08. The van der Waals surface area contributed by atoms with Gasteiger partial charge in [-0.15, -0.1) is 0 Å². The van der Waals surface area contributed by atoms with Crippen molar-refractivity contribution in [1.82, 2.24) is 15.2 Å². The van der Waals surface area contributed by atoms with Crippen LogP contribution in [-0.4, -0.2) is 62.2 Å². The number of amides is 1. The maximum atomic E-state index is 12.6. The highest BCUT2D eigenvalue weighted by molar-refractivity contribution is 5.82. The normalized spacial score (nSPS) is 18.7. The Bertz CT molecular complexity index is 507. The first-order valence-electron chi connectivity index (χ1n) is 8.34. The standard InChI is InChI=1S/C17H28N4O2/c1-4-5-9-21-10-11-23-13-15(21)17(22)19-12-14-7-6-8-18-16(14)20(2)3/h6-8,15H,4-5,9-13H2,1-3H3,(H,19,22). The van der Waals surface area contributed by atoms with Crippen LogP contribution in [0.1, 0.15) is 25.3 Å². The maximum absolute atomic E-state index is 12.6. The molecule has 1 atom stereocenters. The van der Waals surface area contributed by atoms with E-state index in [2.05, 4.69) is 22.1 Å². The van der Waals surface area contributed by atoms with Crippen LogP contribution in [0.3, 0.4) is 0 Å². The Morgan fingerprint density at radius 2 is 2.35 bits per heavy atom. The fourth-order valence-corrected chi connectivity index (χ4v) is 2.78. The van der Waals surface area contributed by atoms with Crippen molar-refractivity contribution < 1.29 is 9.53 Å². The highest BCUT2D eigenvalue weighted by atomic mass is 16.5. The van der Waals surface area contributed by atoms with Crippen molar-refractivity contribution >= 4 is 11.7 Å². The monoisotopic (exact) mass is 320 g/mol. The summed E-state index contributed by atoms with van der Waals surface area (Å²) < 4.78 is 5.50. The van der Waals surface area contributed by atoms with Crippen molar-refractivity contribution in [2.24, 2.45) is 0 Å². The van der Waals surface area contributed by atoms with Crippen LogP contribution < -0.4 is 10.2 Å². The number of carbonyl (C=O) groups excluding carboxylic acids is 1. The Morgan fingerprint density at radius 3 is 3.09 bits per heavy atom. The van der Waals surface area contributed by atoms with E-state index in [1.165, 1.54) is 0 Å². The van der Waals surface area contributed by atoms with Crippen LogP contribution in [0.25, 0.3) is 0 Å². The molecule has 128 valence electrons. The smallest absolute Gasteiger partial charge is 0.240 e. The fourth-order valence-electron chi connectivity index (χ4n) is 2.78. The molecular formula is C17H28N4O2. The minimum atomic E-state index is -0.185. The second-order valence-electron chi connectivity index (χ2n) is 6.08. The number of nitrogens with zero attached hydrogens (tertiary/aromatic N) is 3. The van der Waals surface area contributed by atoms with Gasteiger partial charge in [0, 0.05) is 38.9 Å². The molecule has 23 heavy (non-hydrogen) atoms. The van der Waals surface area contributed by atoms with Crippen LogP contribution in [0, 0.1) is 0 Å². The molecule has 1 aromatic rings. The lowest BCUT2D eigenvalue weighted by atomic mass is 10.1. The number of aromatic nitrogens is 1. The Labute approximate surface area is 138 Å². The lowest BCUT2D eigenvalue weighted by Gasteiger charge is -2.34. The number of unbranched alkanes of at least 4 members (excludes halogenated alkanes) is 1. The van der Waals surface area contributed by atoms with Crippen molar-refractivity contribution in [2.75, 3.05) is 45.3 Å². The Kier molecular flexibility index (Phi) is 6.80. The van der Waals surface area contributed by atoms with E-state index in [9.17, 15) is 4.79 Å². The summed E-state index contributed by atoms with van der Waals surface area (Å²) in [5.74, 6) is 0.921. The van der Waals surface area contributed by atoms with Crippen molar-refractivity contribution in [3.05, 3.63) is 23.9 Å². The van der Waals surface area contributed by atoms with Gasteiger partial charge in [0.25, 0.3) is 0 Å². The number of hydrogen-bond acceptors (Lipinski definition) is 5. The van der Waals surface area contributed by atoms with E-state index in [0.29, 0.717) is 19.8 Å². The van der Waals surface area contributed by atoms with Gasteiger partial charge in [-0.3, -0.25) is 9.69 Å². The van der Waals surface area contributed by atoms with Gasteiger partial charge in [0.05, 0.1) is 13.2 Å². The largest absolute Gasteiger partial charge is 0.378 e. The summed E-state index contributed by atoms with van der Waals surface area (Å²) in [6, 6.07) is 3.70. The number of ether oxygens (including phenoxy) is 1. The molecule has 2 rings (SSSR count). The van der Waals surface area contributed by atoms with Gasteiger partial charge < -0.3 is 15.0 Å². The quantitative estimate of drug-likeness (QED) is 0.820. The van der Waals surface area contributed by atoms with Crippen molar-refractivity contribution in [2.45, 2.75) is 32.4 Å². The average molecular weight is 320 g/mol. The molecule has 1 aliphatic heterocycles. The summed E-state index contributed by atoms with van der Waals surface area (Å²) in [5.41, 5.74) is 1.02. The number of hydrogen-bond donors (Lipinski definition) is 1. The summed E-state index contributed by atoms with van der Waals surface area (Å²) in [6.45, 7) is 5.62. The van der Waals surface area contributed by atoms with Gasteiger partial charge in [-0.25, -0.2) is 4.98 Å². The second kappa shape index (κ2) is 8.84. The Hall–Kier alpha value is -1.66. The maximum Gasteiger partial charge on any atom is 0.240 e. The molecule has 1 fully saturated rings. The summed E-state index contributed by atoms with van der Waals surface area (Å²) in [4.78, 5) is 21.1. The van der Waals surface area contributed by atoms with Gasteiger partial charge in [0.2, 0.25) is 5.91 Å². The number of pyridine rings is 1. The number of nitrogens with one attached hydrogen (secondary N) is 1. The molecule has 0 radical (unpaired) electrons. The first-order valence-corrected chi connectivity index (χ1v) is 8.34. The molecule has 1 aromatic heterocycles. The van der Waals surface area contributed by atoms with E-state index >= 15 is 0 Å². The zero-order chi connectivity index (χ0) is 16.7. The molecule has 0 saturated carbocycles. The highest BCUT2D eigenvalue weighted by Crippen LogP contribution is 2.14. The summed E-state index contributed by atoms with van der Waals surface area (Å²) in [7, 11) is 3.91. The summed E-state index contributed by atoms with van der Waals surface area (Å²) in [5, 5.41) is 3.04. The van der Waals surface area contributed by atoms with E-state index in [-0.39, 0.29) is 11.9 Å². The van der Waals surface area contributed by atoms with Crippen LogP contribution in [0.4, 0.5) is 5.82 Å². The molecule has 1 aliphatic rings. The molecular weight excluding hydrogens is 292 g/mol. The van der Waals surface area contributed by atoms with Crippen molar-refractivity contribution in [1.29, 1.82) is 0 Å². The van der Waals surface area contributed by atoms with Crippen LogP contribution in [0.2, 0.25) is 0 Å². The zero-order valence-electron chi connectivity index (χ0n) is 14.4. The summed E-state index contributed by atoms with van der Waals surface area (Å²) >= 11 is 0. The van der Waals surface area contributed by atoms with E-state index in [1.807, 2.05) is 31.1 Å². The highest BCUT2D eigenvalue weighted by Gasteiger charge is 2.28. The molecule has 0 aliphatic carbocycles. The molecule has 6 heteroatoms. The van der Waals surface area contributed by atoms with Gasteiger partial charge in [0.1, 0.15) is 11.9 Å². The van der Waals surface area contributed by atoms with Gasteiger partial charge in [-0.2, -0.15) is 0 Å². The molecule has 0 aromatic carbocycles. The van der Waals surface area contributed by atoms with Crippen LogP contribution in [-0.2, 0) is 16.1 Å².